The summed E-state index contributed by atoms with van der Waals surface area (Å²) in [6, 6.07) is 3.39. The van der Waals surface area contributed by atoms with Crippen LogP contribution in [0.1, 0.15) is 10.4 Å². The molecule has 0 N–H and O–H groups in total. The normalized spacial score (nSPS) is 10.2. The Bertz CT molecular complexity index is 464. The standard InChI is InChI=1S/C13H18INO5/c1-15(2)13(16)9-5-6-10(19-7-17-3)12(11(9)14)20-8-18-4/h5-6H,7-8H2,1-4H3. The van der Waals surface area contributed by atoms with Crippen LogP contribution in [0.25, 0.3) is 0 Å². The zero-order valence-electron chi connectivity index (χ0n) is 11.9. The highest BCUT2D eigenvalue weighted by molar-refractivity contribution is 14.1. The highest BCUT2D eigenvalue weighted by Gasteiger charge is 2.19. The molecule has 1 amide bonds. The molecule has 0 bridgehead atoms. The van der Waals surface area contributed by atoms with Gasteiger partial charge >= 0.3 is 0 Å². The van der Waals surface area contributed by atoms with Gasteiger partial charge in [-0.25, -0.2) is 0 Å². The molecule has 0 saturated heterocycles. The van der Waals surface area contributed by atoms with Gasteiger partial charge in [0.1, 0.15) is 0 Å². The van der Waals surface area contributed by atoms with Gasteiger partial charge in [0, 0.05) is 28.3 Å². The molecular weight excluding hydrogens is 377 g/mol. The van der Waals surface area contributed by atoms with E-state index in [1.807, 2.05) is 0 Å². The lowest BCUT2D eigenvalue weighted by Crippen LogP contribution is -2.23. The van der Waals surface area contributed by atoms with Gasteiger partial charge in [0.25, 0.3) is 5.91 Å². The third-order valence-corrected chi connectivity index (χ3v) is 3.42. The zero-order chi connectivity index (χ0) is 15.1. The number of carbonyl (C=O) groups is 1. The van der Waals surface area contributed by atoms with Crippen molar-refractivity contribution in [3.05, 3.63) is 21.3 Å². The van der Waals surface area contributed by atoms with E-state index in [2.05, 4.69) is 22.6 Å². The first-order chi connectivity index (χ1) is 9.52. The summed E-state index contributed by atoms with van der Waals surface area (Å²) >= 11 is 2.06. The smallest absolute Gasteiger partial charge is 0.254 e. The van der Waals surface area contributed by atoms with Crippen LogP contribution in [0, 0.1) is 3.57 Å². The Kier molecular flexibility index (Phi) is 7.03. The molecule has 0 aliphatic carbocycles. The van der Waals surface area contributed by atoms with E-state index in [-0.39, 0.29) is 19.5 Å². The highest BCUT2D eigenvalue weighted by Crippen LogP contribution is 2.35. The predicted molar refractivity (Wildman–Crippen MR) is 82.2 cm³/mol. The third kappa shape index (κ3) is 4.22. The van der Waals surface area contributed by atoms with Crippen LogP contribution in [0.15, 0.2) is 12.1 Å². The van der Waals surface area contributed by atoms with Crippen LogP contribution in [0.2, 0.25) is 0 Å². The number of nitrogens with zero attached hydrogens (tertiary/aromatic N) is 1. The summed E-state index contributed by atoms with van der Waals surface area (Å²) in [6.07, 6.45) is 0. The Morgan fingerprint density at radius 3 is 2.30 bits per heavy atom. The van der Waals surface area contributed by atoms with E-state index in [0.717, 1.165) is 0 Å². The molecule has 1 aromatic carbocycles. The van der Waals surface area contributed by atoms with E-state index in [0.29, 0.717) is 20.6 Å². The van der Waals surface area contributed by atoms with Crippen molar-refractivity contribution < 1.29 is 23.7 Å². The molecule has 1 rings (SSSR count). The molecule has 0 aliphatic heterocycles. The number of carbonyl (C=O) groups excluding carboxylic acids is 1. The Hall–Kier alpha value is -1.06. The molecule has 0 aromatic heterocycles. The predicted octanol–water partition coefficient (Wildman–Crippen LogP) is 1.96. The Morgan fingerprint density at radius 1 is 1.15 bits per heavy atom. The van der Waals surface area contributed by atoms with Crippen molar-refractivity contribution in [2.45, 2.75) is 0 Å². The first-order valence-corrected chi connectivity index (χ1v) is 6.88. The number of hydrogen-bond donors (Lipinski definition) is 0. The topological polar surface area (TPSA) is 57.2 Å². The van der Waals surface area contributed by atoms with E-state index in [9.17, 15) is 4.79 Å². The number of ether oxygens (including phenoxy) is 4. The van der Waals surface area contributed by atoms with Crippen molar-refractivity contribution in [3.8, 4) is 11.5 Å². The molecule has 0 fully saturated rings. The van der Waals surface area contributed by atoms with Gasteiger partial charge in [-0.15, -0.1) is 0 Å². The molecular formula is C13H18INO5. The Morgan fingerprint density at radius 2 is 1.75 bits per heavy atom. The first kappa shape index (κ1) is 17.0. The number of halogens is 1. The molecule has 0 unspecified atom stereocenters. The van der Waals surface area contributed by atoms with Gasteiger partial charge in [-0.05, 0) is 34.7 Å². The Balaban J connectivity index is 3.15. The fourth-order valence-electron chi connectivity index (χ4n) is 1.43. The van der Waals surface area contributed by atoms with E-state index in [1.165, 1.54) is 19.1 Å². The highest BCUT2D eigenvalue weighted by atomic mass is 127. The molecule has 0 spiro atoms. The average Bonchev–Trinajstić information content (AvgIpc) is 2.43. The van der Waals surface area contributed by atoms with Crippen molar-refractivity contribution in [3.63, 3.8) is 0 Å². The Labute approximate surface area is 132 Å². The van der Waals surface area contributed by atoms with Gasteiger partial charge in [0.15, 0.2) is 25.1 Å². The maximum atomic E-state index is 12.1. The fourth-order valence-corrected chi connectivity index (χ4v) is 2.26. The van der Waals surface area contributed by atoms with Crippen molar-refractivity contribution in [1.29, 1.82) is 0 Å². The van der Waals surface area contributed by atoms with E-state index >= 15 is 0 Å². The molecule has 1 aromatic rings. The third-order valence-electron chi connectivity index (χ3n) is 2.35. The van der Waals surface area contributed by atoms with Crippen LogP contribution in [0.4, 0.5) is 0 Å². The van der Waals surface area contributed by atoms with E-state index in [4.69, 9.17) is 18.9 Å². The SMILES string of the molecule is COCOc1ccc(C(=O)N(C)C)c(I)c1OCOC. The number of methoxy groups -OCH3 is 2. The molecule has 0 heterocycles. The lowest BCUT2D eigenvalue weighted by atomic mass is 10.2. The summed E-state index contributed by atoms with van der Waals surface area (Å²) in [4.78, 5) is 13.6. The first-order valence-electron chi connectivity index (χ1n) is 5.80. The van der Waals surface area contributed by atoms with E-state index < -0.39 is 0 Å². The number of rotatable bonds is 7. The van der Waals surface area contributed by atoms with E-state index in [1.54, 1.807) is 26.2 Å². The largest absolute Gasteiger partial charge is 0.464 e. The van der Waals surface area contributed by atoms with Crippen LogP contribution >= 0.6 is 22.6 Å². The number of benzene rings is 1. The van der Waals surface area contributed by atoms with Crippen LogP contribution in [0.3, 0.4) is 0 Å². The molecule has 0 aliphatic rings. The minimum Gasteiger partial charge on any atom is -0.464 e. The minimum atomic E-state index is -0.102. The number of amides is 1. The zero-order valence-corrected chi connectivity index (χ0v) is 14.1. The summed E-state index contributed by atoms with van der Waals surface area (Å²) in [5.74, 6) is 0.871. The quantitative estimate of drug-likeness (QED) is 0.522. The summed E-state index contributed by atoms with van der Waals surface area (Å²) < 4.78 is 21.4. The summed E-state index contributed by atoms with van der Waals surface area (Å²) in [5, 5.41) is 0. The van der Waals surface area contributed by atoms with Gasteiger partial charge in [-0.2, -0.15) is 0 Å². The molecule has 112 valence electrons. The summed E-state index contributed by atoms with van der Waals surface area (Å²) in [7, 11) is 6.45. The second-order valence-electron chi connectivity index (χ2n) is 4.06. The van der Waals surface area contributed by atoms with Gasteiger partial charge < -0.3 is 23.8 Å². The molecule has 0 radical (unpaired) electrons. The minimum absolute atomic E-state index is 0.0684. The maximum Gasteiger partial charge on any atom is 0.254 e. The van der Waals surface area contributed by atoms with Crippen LogP contribution in [0.5, 0.6) is 11.5 Å². The molecule has 20 heavy (non-hydrogen) atoms. The van der Waals surface area contributed by atoms with Crippen molar-refractivity contribution in [2.75, 3.05) is 41.9 Å². The summed E-state index contributed by atoms with van der Waals surface area (Å²) in [5.41, 5.74) is 0.548. The van der Waals surface area contributed by atoms with Crippen LogP contribution in [-0.2, 0) is 9.47 Å². The molecule has 0 saturated carbocycles. The van der Waals surface area contributed by atoms with Gasteiger partial charge in [0.2, 0.25) is 0 Å². The van der Waals surface area contributed by atoms with Gasteiger partial charge in [-0.3, -0.25) is 4.79 Å². The van der Waals surface area contributed by atoms with Gasteiger partial charge in [0.05, 0.1) is 9.13 Å². The summed E-state index contributed by atoms with van der Waals surface area (Å²) in [6.45, 7) is 0.166. The second-order valence-corrected chi connectivity index (χ2v) is 5.13. The fraction of sp³-hybridized carbons (Fsp3) is 0.462. The molecule has 6 nitrogen and oxygen atoms in total. The second kappa shape index (κ2) is 8.28. The van der Waals surface area contributed by atoms with Crippen molar-refractivity contribution in [2.24, 2.45) is 0 Å². The molecule has 7 heteroatoms. The average molecular weight is 395 g/mol. The lowest BCUT2D eigenvalue weighted by molar-refractivity contribution is 0.0316. The molecule has 0 atom stereocenters. The van der Waals surface area contributed by atoms with Crippen LogP contribution in [-0.4, -0.2) is 52.7 Å². The monoisotopic (exact) mass is 395 g/mol. The van der Waals surface area contributed by atoms with Crippen molar-refractivity contribution in [1.82, 2.24) is 4.90 Å². The lowest BCUT2D eigenvalue weighted by Gasteiger charge is -2.17. The number of hydrogen-bond acceptors (Lipinski definition) is 5. The van der Waals surface area contributed by atoms with Crippen LogP contribution < -0.4 is 9.47 Å². The van der Waals surface area contributed by atoms with Gasteiger partial charge in [-0.1, -0.05) is 0 Å². The maximum absolute atomic E-state index is 12.1. The van der Waals surface area contributed by atoms with Crippen molar-refractivity contribution >= 4 is 28.5 Å².